The first kappa shape index (κ1) is 19.9. The largest absolute Gasteiger partial charge is 0.481 e. The Balaban J connectivity index is 1.86. The van der Waals surface area contributed by atoms with Crippen molar-refractivity contribution in [3.63, 3.8) is 0 Å². The van der Waals surface area contributed by atoms with Gasteiger partial charge in [-0.2, -0.15) is 9.97 Å². The lowest BCUT2D eigenvalue weighted by Crippen LogP contribution is -2.35. The molecule has 2 aromatic heterocycles. The maximum absolute atomic E-state index is 12.8. The van der Waals surface area contributed by atoms with Gasteiger partial charge in [-0.25, -0.2) is 22.6 Å². The summed E-state index contributed by atoms with van der Waals surface area (Å²) in [6, 6.07) is 6.30. The summed E-state index contributed by atoms with van der Waals surface area (Å²) in [5.41, 5.74) is 0.222. The van der Waals surface area contributed by atoms with Crippen LogP contribution in [0.3, 0.4) is 0 Å². The number of nitrogens with zero attached hydrogens (tertiary/aromatic N) is 6. The van der Waals surface area contributed by atoms with Crippen molar-refractivity contribution < 1.29 is 22.7 Å². The smallest absolute Gasteiger partial charge is 0.335 e. The van der Waals surface area contributed by atoms with Crippen molar-refractivity contribution in [2.75, 3.05) is 19.5 Å². The van der Waals surface area contributed by atoms with E-state index >= 15 is 0 Å². The molecule has 0 bridgehead atoms. The molecule has 14 heteroatoms. The molecule has 0 fully saturated rings. The predicted molar refractivity (Wildman–Crippen MR) is 98.7 cm³/mol. The Kier molecular flexibility index (Phi) is 5.54. The molecular weight excluding hydrogens is 404 g/mol. The molecule has 0 atom stereocenters. The van der Waals surface area contributed by atoms with Gasteiger partial charge in [0, 0.05) is 12.6 Å². The summed E-state index contributed by atoms with van der Waals surface area (Å²) in [5, 5.41) is 13.2. The highest BCUT2D eigenvalue weighted by atomic mass is 32.2. The van der Waals surface area contributed by atoms with Crippen molar-refractivity contribution in [2.45, 2.75) is 4.90 Å². The first-order valence-electron chi connectivity index (χ1n) is 7.96. The average Bonchev–Trinajstić information content (AvgIpc) is 3.12. The Hall–Kier alpha value is -3.81. The molecule has 0 aliphatic heterocycles. The molecule has 0 radical (unpaired) electrons. The summed E-state index contributed by atoms with van der Waals surface area (Å²) in [6.45, 7) is 0. The Morgan fingerprint density at radius 1 is 1.10 bits per heavy atom. The Morgan fingerprint density at radius 3 is 2.34 bits per heavy atom. The van der Waals surface area contributed by atoms with Gasteiger partial charge in [-0.3, -0.25) is 5.32 Å². The highest BCUT2D eigenvalue weighted by Gasteiger charge is 2.24. The van der Waals surface area contributed by atoms with Crippen LogP contribution >= 0.6 is 0 Å². The Labute approximate surface area is 165 Å². The SMILES string of the molecule is COc1cc(OC)nc(NC(=O)NS(=O)(=O)c2ccccc2-c2nnnn2C)n1. The molecule has 3 rings (SSSR count). The van der Waals surface area contributed by atoms with E-state index in [4.69, 9.17) is 9.47 Å². The fourth-order valence-corrected chi connectivity index (χ4v) is 3.43. The van der Waals surface area contributed by atoms with Gasteiger partial charge in [0.25, 0.3) is 10.0 Å². The second kappa shape index (κ2) is 8.05. The molecule has 0 saturated carbocycles. The number of nitrogens with one attached hydrogen (secondary N) is 2. The normalized spacial score (nSPS) is 11.0. The molecule has 1 aromatic carbocycles. The number of hydrogen-bond donors (Lipinski definition) is 2. The van der Waals surface area contributed by atoms with E-state index in [0.29, 0.717) is 0 Å². The van der Waals surface area contributed by atoms with Crippen LogP contribution < -0.4 is 19.5 Å². The zero-order chi connectivity index (χ0) is 21.0. The van der Waals surface area contributed by atoms with E-state index in [9.17, 15) is 13.2 Å². The minimum absolute atomic E-state index is 0.120. The molecular formula is C15H16N8O5S. The number of urea groups is 1. The van der Waals surface area contributed by atoms with Crippen LogP contribution in [0.2, 0.25) is 0 Å². The van der Waals surface area contributed by atoms with E-state index in [2.05, 4.69) is 30.8 Å². The van der Waals surface area contributed by atoms with Crippen LogP contribution in [0, 0.1) is 0 Å². The van der Waals surface area contributed by atoms with Gasteiger partial charge in [-0.05, 0) is 22.6 Å². The minimum Gasteiger partial charge on any atom is -0.481 e. The Morgan fingerprint density at radius 2 is 1.76 bits per heavy atom. The van der Waals surface area contributed by atoms with Gasteiger partial charge in [0.2, 0.25) is 17.7 Å². The number of methoxy groups -OCH3 is 2. The number of rotatable bonds is 6. The quantitative estimate of drug-likeness (QED) is 0.563. The predicted octanol–water partition coefficient (Wildman–Crippen LogP) is 0.195. The van der Waals surface area contributed by atoms with Crippen LogP contribution in [-0.2, 0) is 17.1 Å². The van der Waals surface area contributed by atoms with Crippen LogP contribution in [0.15, 0.2) is 35.2 Å². The molecule has 2 amide bonds. The summed E-state index contributed by atoms with van der Waals surface area (Å²) >= 11 is 0. The zero-order valence-corrected chi connectivity index (χ0v) is 16.3. The number of carbonyl (C=O) groups is 1. The first-order valence-corrected chi connectivity index (χ1v) is 9.45. The van der Waals surface area contributed by atoms with E-state index in [1.807, 2.05) is 4.72 Å². The third-order valence-corrected chi connectivity index (χ3v) is 4.98. The van der Waals surface area contributed by atoms with Gasteiger partial charge < -0.3 is 9.47 Å². The molecule has 0 spiro atoms. The van der Waals surface area contributed by atoms with Gasteiger partial charge in [0.05, 0.1) is 25.2 Å². The molecule has 2 heterocycles. The monoisotopic (exact) mass is 420 g/mol. The third-order valence-electron chi connectivity index (χ3n) is 3.59. The first-order chi connectivity index (χ1) is 13.8. The van der Waals surface area contributed by atoms with Crippen molar-refractivity contribution >= 4 is 22.0 Å². The lowest BCUT2D eigenvalue weighted by molar-refractivity contribution is 0.256. The number of anilines is 1. The van der Waals surface area contributed by atoms with Crippen molar-refractivity contribution in [1.82, 2.24) is 34.9 Å². The van der Waals surface area contributed by atoms with E-state index in [0.717, 1.165) is 0 Å². The standard InChI is InChI=1S/C15H16N8O5S/c1-23-13(19-21-22-23)9-6-4-5-7-10(9)29(25,26)20-15(24)18-14-16-11(27-2)8-12(17-14)28-3/h4-8H,1-3H3,(H2,16,17,18,20,24). The van der Waals surface area contributed by atoms with Gasteiger partial charge in [0.15, 0.2) is 5.82 Å². The van der Waals surface area contributed by atoms with Crippen LogP contribution in [0.5, 0.6) is 11.8 Å². The molecule has 0 aliphatic carbocycles. The summed E-state index contributed by atoms with van der Waals surface area (Å²) in [6.07, 6.45) is 0. The van der Waals surface area contributed by atoms with Crippen molar-refractivity contribution in [2.24, 2.45) is 7.05 Å². The molecule has 0 unspecified atom stereocenters. The molecule has 0 aliphatic rings. The molecule has 3 aromatic rings. The second-order valence-electron chi connectivity index (χ2n) is 5.46. The lowest BCUT2D eigenvalue weighted by Gasteiger charge is -2.11. The number of amides is 2. The van der Waals surface area contributed by atoms with E-state index in [-0.39, 0.29) is 34.0 Å². The minimum atomic E-state index is -4.27. The van der Waals surface area contributed by atoms with Crippen LogP contribution in [0.1, 0.15) is 0 Å². The topological polar surface area (TPSA) is 163 Å². The summed E-state index contributed by atoms with van der Waals surface area (Å²) < 4.78 is 38.7. The van der Waals surface area contributed by atoms with E-state index in [1.54, 1.807) is 13.1 Å². The molecule has 0 saturated heterocycles. The maximum atomic E-state index is 12.8. The second-order valence-corrected chi connectivity index (χ2v) is 7.11. The van der Waals surface area contributed by atoms with Gasteiger partial charge in [-0.1, -0.05) is 12.1 Å². The molecule has 29 heavy (non-hydrogen) atoms. The van der Waals surface area contributed by atoms with Crippen LogP contribution in [0.25, 0.3) is 11.4 Å². The molecule has 13 nitrogen and oxygen atoms in total. The van der Waals surface area contributed by atoms with Crippen LogP contribution in [-0.4, -0.2) is 58.8 Å². The number of ether oxygens (including phenoxy) is 2. The Bertz CT molecular complexity index is 1120. The van der Waals surface area contributed by atoms with Gasteiger partial charge in [0.1, 0.15) is 0 Å². The number of hydrogen-bond acceptors (Lipinski definition) is 10. The number of carbonyl (C=O) groups excluding carboxylic acids is 1. The number of benzene rings is 1. The number of sulfonamides is 1. The third kappa shape index (κ3) is 4.37. The van der Waals surface area contributed by atoms with Crippen LogP contribution in [0.4, 0.5) is 10.7 Å². The van der Waals surface area contributed by atoms with E-state index in [1.165, 1.54) is 43.2 Å². The highest BCUT2D eigenvalue weighted by molar-refractivity contribution is 7.90. The number of tetrazole rings is 1. The highest BCUT2D eigenvalue weighted by Crippen LogP contribution is 2.24. The molecule has 152 valence electrons. The van der Waals surface area contributed by atoms with Gasteiger partial charge in [-0.15, -0.1) is 5.10 Å². The summed E-state index contributed by atoms with van der Waals surface area (Å²) in [5.74, 6) is 0.247. The summed E-state index contributed by atoms with van der Waals surface area (Å²) in [7, 11) is 0.0273. The van der Waals surface area contributed by atoms with E-state index < -0.39 is 16.1 Å². The fourth-order valence-electron chi connectivity index (χ4n) is 2.32. The number of aryl methyl sites for hydroxylation is 1. The lowest BCUT2D eigenvalue weighted by atomic mass is 10.2. The fraction of sp³-hybridized carbons (Fsp3) is 0.200. The molecule has 2 N–H and O–H groups in total. The maximum Gasteiger partial charge on any atom is 0.335 e. The van der Waals surface area contributed by atoms with Crippen molar-refractivity contribution in [3.05, 3.63) is 30.3 Å². The van der Waals surface area contributed by atoms with Crippen molar-refractivity contribution in [1.29, 1.82) is 0 Å². The van der Waals surface area contributed by atoms with Crippen molar-refractivity contribution in [3.8, 4) is 23.1 Å². The average molecular weight is 420 g/mol. The zero-order valence-electron chi connectivity index (χ0n) is 15.5. The number of aromatic nitrogens is 6. The summed E-state index contributed by atoms with van der Waals surface area (Å²) in [4.78, 5) is 19.9. The van der Waals surface area contributed by atoms with Gasteiger partial charge >= 0.3 is 6.03 Å².